The minimum atomic E-state index is -0.245. The summed E-state index contributed by atoms with van der Waals surface area (Å²) in [6.07, 6.45) is 2.53. The Morgan fingerprint density at radius 1 is 0.931 bits per heavy atom. The van der Waals surface area contributed by atoms with Crippen LogP contribution < -0.4 is 0 Å². The maximum atomic E-state index is 10.8. The molecule has 0 radical (unpaired) electrons. The van der Waals surface area contributed by atoms with E-state index in [1.807, 2.05) is 90.1 Å². The average molecular weight is 396 g/mol. The number of benzene rings is 2. The van der Waals surface area contributed by atoms with E-state index >= 15 is 0 Å². The molecule has 0 saturated heterocycles. The molecule has 158 valence electrons. The number of allylic oxidation sites excluding steroid dienone is 2. The van der Waals surface area contributed by atoms with Crippen molar-refractivity contribution >= 4 is 17.1 Å². The SMILES string of the molecule is CC.CC.CC(=O)C=C(C)c1ccccc1.CC1=NOC(C)(c2ccccc2)C1. The summed E-state index contributed by atoms with van der Waals surface area (Å²) in [5.41, 5.74) is 4.13. The third kappa shape index (κ3) is 9.38. The van der Waals surface area contributed by atoms with E-state index in [-0.39, 0.29) is 11.4 Å². The number of nitrogens with zero attached hydrogens (tertiary/aromatic N) is 1. The smallest absolute Gasteiger partial charge is 0.165 e. The quantitative estimate of drug-likeness (QED) is 0.507. The van der Waals surface area contributed by atoms with Gasteiger partial charge in [-0.1, -0.05) is 93.5 Å². The van der Waals surface area contributed by atoms with Crippen molar-refractivity contribution in [1.82, 2.24) is 0 Å². The Morgan fingerprint density at radius 3 is 1.83 bits per heavy atom. The zero-order valence-corrected chi connectivity index (χ0v) is 19.3. The maximum Gasteiger partial charge on any atom is 0.165 e. The van der Waals surface area contributed by atoms with Gasteiger partial charge >= 0.3 is 0 Å². The van der Waals surface area contributed by atoms with E-state index in [1.165, 1.54) is 5.56 Å². The molecule has 0 fully saturated rings. The van der Waals surface area contributed by atoms with Crippen LogP contribution in [0.4, 0.5) is 0 Å². The Bertz CT molecular complexity index is 764. The standard InChI is InChI=1S/C11H13NO.C11H12O.2C2H6/c1-9-8-11(2,13-12-9)10-6-4-3-5-7-10;1-9(8-10(2)12)11-6-4-3-5-7-11;2*1-2/h3-7H,8H2,1-2H3;3-8H,1-2H3;2*1-2H3. The molecule has 1 aliphatic rings. The first-order valence-electron chi connectivity index (χ1n) is 10.4. The van der Waals surface area contributed by atoms with Crippen LogP contribution in [-0.4, -0.2) is 11.5 Å². The summed E-state index contributed by atoms with van der Waals surface area (Å²) >= 11 is 0. The first-order valence-corrected chi connectivity index (χ1v) is 10.4. The van der Waals surface area contributed by atoms with Crippen LogP contribution in [0.3, 0.4) is 0 Å². The second-order valence-electron chi connectivity index (χ2n) is 6.50. The fourth-order valence-corrected chi connectivity index (χ4v) is 2.77. The summed E-state index contributed by atoms with van der Waals surface area (Å²) in [5.74, 6) is 0.0938. The van der Waals surface area contributed by atoms with Gasteiger partial charge < -0.3 is 4.84 Å². The molecule has 0 aliphatic carbocycles. The molecule has 1 atom stereocenters. The highest BCUT2D eigenvalue weighted by atomic mass is 16.7. The molecule has 2 aromatic carbocycles. The molecule has 0 aromatic heterocycles. The molecular formula is C26H37NO2. The highest BCUT2D eigenvalue weighted by Gasteiger charge is 2.34. The predicted molar refractivity (Wildman–Crippen MR) is 126 cm³/mol. The Hall–Kier alpha value is -2.68. The monoisotopic (exact) mass is 395 g/mol. The maximum absolute atomic E-state index is 10.8. The van der Waals surface area contributed by atoms with Gasteiger partial charge in [0.2, 0.25) is 0 Å². The van der Waals surface area contributed by atoms with Crippen LogP contribution in [-0.2, 0) is 15.2 Å². The van der Waals surface area contributed by atoms with Gasteiger partial charge in [0, 0.05) is 6.42 Å². The minimum Gasteiger partial charge on any atom is -0.384 e. The lowest BCUT2D eigenvalue weighted by atomic mass is 9.91. The molecule has 0 saturated carbocycles. The summed E-state index contributed by atoms with van der Waals surface area (Å²) in [6, 6.07) is 20.1. The summed E-state index contributed by atoms with van der Waals surface area (Å²) in [5, 5.41) is 3.98. The van der Waals surface area contributed by atoms with E-state index in [1.54, 1.807) is 13.0 Å². The van der Waals surface area contributed by atoms with Gasteiger partial charge in [0.1, 0.15) is 0 Å². The van der Waals surface area contributed by atoms with Crippen molar-refractivity contribution in [3.8, 4) is 0 Å². The molecule has 29 heavy (non-hydrogen) atoms. The van der Waals surface area contributed by atoms with Crippen LogP contribution in [0.15, 0.2) is 71.9 Å². The summed E-state index contributed by atoms with van der Waals surface area (Å²) < 4.78 is 0. The third-order valence-corrected chi connectivity index (χ3v) is 4.03. The predicted octanol–water partition coefficient (Wildman–Crippen LogP) is 7.43. The van der Waals surface area contributed by atoms with E-state index in [9.17, 15) is 4.79 Å². The number of carbonyl (C=O) groups excluding carboxylic acids is 1. The van der Waals surface area contributed by atoms with E-state index in [0.29, 0.717) is 0 Å². The van der Waals surface area contributed by atoms with Crippen molar-refractivity contribution in [3.05, 3.63) is 77.9 Å². The largest absolute Gasteiger partial charge is 0.384 e. The lowest BCUT2D eigenvalue weighted by molar-refractivity contribution is -0.112. The van der Waals surface area contributed by atoms with Crippen LogP contribution in [0.1, 0.15) is 72.9 Å². The fraction of sp³-hybridized carbons (Fsp3) is 0.385. The Balaban J connectivity index is 0.000000463. The number of ketones is 1. The molecule has 1 aliphatic heterocycles. The summed E-state index contributed by atoms with van der Waals surface area (Å²) in [6.45, 7) is 15.6. The van der Waals surface area contributed by atoms with Crippen LogP contribution in [0.2, 0.25) is 0 Å². The van der Waals surface area contributed by atoms with E-state index in [0.717, 1.165) is 23.3 Å². The first-order chi connectivity index (χ1) is 13.9. The number of hydrogen-bond acceptors (Lipinski definition) is 3. The highest BCUT2D eigenvalue weighted by molar-refractivity contribution is 5.94. The van der Waals surface area contributed by atoms with Crippen LogP contribution >= 0.6 is 0 Å². The zero-order chi connectivity index (χ0) is 22.3. The molecular weight excluding hydrogens is 358 g/mol. The van der Waals surface area contributed by atoms with Crippen molar-refractivity contribution < 1.29 is 9.63 Å². The van der Waals surface area contributed by atoms with Crippen LogP contribution in [0.25, 0.3) is 5.57 Å². The summed E-state index contributed by atoms with van der Waals surface area (Å²) in [4.78, 5) is 16.2. The van der Waals surface area contributed by atoms with Crippen molar-refractivity contribution in [1.29, 1.82) is 0 Å². The molecule has 0 spiro atoms. The molecule has 0 N–H and O–H groups in total. The van der Waals surface area contributed by atoms with Gasteiger partial charge in [0.25, 0.3) is 0 Å². The molecule has 1 heterocycles. The van der Waals surface area contributed by atoms with Gasteiger partial charge in [-0.2, -0.15) is 0 Å². The van der Waals surface area contributed by atoms with Gasteiger partial charge in [-0.3, -0.25) is 4.79 Å². The second-order valence-corrected chi connectivity index (χ2v) is 6.50. The van der Waals surface area contributed by atoms with Gasteiger partial charge in [-0.25, -0.2) is 0 Å². The Labute approximate surface area is 177 Å². The van der Waals surface area contributed by atoms with E-state index in [2.05, 4.69) is 24.2 Å². The molecule has 0 amide bonds. The molecule has 3 heteroatoms. The second kappa shape index (κ2) is 14.3. The molecule has 3 nitrogen and oxygen atoms in total. The van der Waals surface area contributed by atoms with Crippen LogP contribution in [0.5, 0.6) is 0 Å². The third-order valence-electron chi connectivity index (χ3n) is 4.03. The number of rotatable bonds is 3. The fourth-order valence-electron chi connectivity index (χ4n) is 2.77. The van der Waals surface area contributed by atoms with Crippen molar-refractivity contribution in [2.75, 3.05) is 0 Å². The normalized spacial score (nSPS) is 17.1. The zero-order valence-electron chi connectivity index (χ0n) is 19.3. The molecule has 1 unspecified atom stereocenters. The van der Waals surface area contributed by atoms with Gasteiger partial charge in [0.15, 0.2) is 11.4 Å². The summed E-state index contributed by atoms with van der Waals surface area (Å²) in [7, 11) is 0. The van der Waals surface area contributed by atoms with E-state index < -0.39 is 0 Å². The first kappa shape index (κ1) is 26.3. The van der Waals surface area contributed by atoms with Gasteiger partial charge in [-0.15, -0.1) is 0 Å². The molecule has 0 bridgehead atoms. The topological polar surface area (TPSA) is 38.7 Å². The van der Waals surface area contributed by atoms with Gasteiger partial charge in [0.05, 0.1) is 5.71 Å². The average Bonchev–Trinajstić information content (AvgIpc) is 3.12. The Kier molecular flexibility index (Phi) is 13.0. The lowest BCUT2D eigenvalue weighted by Gasteiger charge is -2.21. The molecule has 3 rings (SSSR count). The number of oxime groups is 1. The number of hydrogen-bond donors (Lipinski definition) is 0. The number of carbonyl (C=O) groups is 1. The van der Waals surface area contributed by atoms with E-state index in [4.69, 9.17) is 4.84 Å². The minimum absolute atomic E-state index is 0.0938. The van der Waals surface area contributed by atoms with Crippen molar-refractivity contribution in [2.24, 2.45) is 5.16 Å². The molecule has 2 aromatic rings. The van der Waals surface area contributed by atoms with Crippen molar-refractivity contribution in [3.63, 3.8) is 0 Å². The van der Waals surface area contributed by atoms with Gasteiger partial charge in [-0.05, 0) is 50.5 Å². The van der Waals surface area contributed by atoms with Crippen molar-refractivity contribution in [2.45, 2.75) is 67.4 Å². The highest BCUT2D eigenvalue weighted by Crippen LogP contribution is 2.33. The van der Waals surface area contributed by atoms with Crippen LogP contribution in [0, 0.1) is 0 Å². The lowest BCUT2D eigenvalue weighted by Crippen LogP contribution is -2.20. The Morgan fingerprint density at radius 2 is 1.41 bits per heavy atom.